The van der Waals surface area contributed by atoms with Crippen molar-refractivity contribution in [1.82, 2.24) is 9.55 Å². The molecule has 4 aromatic rings. The quantitative estimate of drug-likeness (QED) is 0.497. The number of benzene rings is 2. The van der Waals surface area contributed by atoms with Crippen molar-refractivity contribution in [2.24, 2.45) is 4.99 Å². The lowest BCUT2D eigenvalue weighted by molar-refractivity contribution is 0.0997. The third kappa shape index (κ3) is 2.99. The van der Waals surface area contributed by atoms with Crippen LogP contribution in [-0.2, 0) is 6.54 Å². The maximum absolute atomic E-state index is 12.7. The van der Waals surface area contributed by atoms with Crippen molar-refractivity contribution in [1.29, 1.82) is 0 Å². The molecule has 0 spiro atoms. The van der Waals surface area contributed by atoms with Crippen LogP contribution in [0.2, 0.25) is 0 Å². The second-order valence-electron chi connectivity index (χ2n) is 6.37. The number of carbonyl (C=O) groups excluding carboxylic acids is 1. The minimum atomic E-state index is -0.267. The van der Waals surface area contributed by atoms with Crippen LogP contribution in [0.3, 0.4) is 0 Å². The molecule has 2 aromatic heterocycles. The fourth-order valence-electron chi connectivity index (χ4n) is 3.14. The Morgan fingerprint density at radius 3 is 2.77 bits per heavy atom. The topological polar surface area (TPSA) is 47.2 Å². The molecule has 0 aliphatic heterocycles. The molecule has 0 saturated carbocycles. The predicted octanol–water partition coefficient (Wildman–Crippen LogP) is 5.08. The molecule has 1 amide bonds. The Kier molecular flexibility index (Phi) is 4.46. The van der Waals surface area contributed by atoms with Crippen molar-refractivity contribution in [3.8, 4) is 0 Å². The zero-order valence-corrected chi connectivity index (χ0v) is 16.6. The summed E-state index contributed by atoms with van der Waals surface area (Å²) in [6.07, 6.45) is 0.987. The normalized spacial score (nSPS) is 12.3. The third-order valence-corrected chi connectivity index (χ3v) is 6.49. The summed E-state index contributed by atoms with van der Waals surface area (Å²) in [4.78, 5) is 22.4. The van der Waals surface area contributed by atoms with Gasteiger partial charge >= 0.3 is 5.91 Å². The zero-order valence-electron chi connectivity index (χ0n) is 14.9. The second-order valence-corrected chi connectivity index (χ2v) is 8.38. The standard InChI is InChI=1S/C20H19N3OS2/c1-4-9-23-15-11-12(2)10-13(3)17(15)26-20(23)22-18(24)19-21-14-7-5-6-8-16(14)25-19/h5-8,10-11H,4,9H2,1-3H3. The molecule has 0 unspecified atom stereocenters. The number of aryl methyl sites for hydroxylation is 3. The lowest BCUT2D eigenvalue weighted by Crippen LogP contribution is -2.16. The molecular formula is C20H19N3OS2. The summed E-state index contributed by atoms with van der Waals surface area (Å²) < 4.78 is 4.36. The molecule has 4 nitrogen and oxygen atoms in total. The Morgan fingerprint density at radius 1 is 1.19 bits per heavy atom. The minimum absolute atomic E-state index is 0.267. The predicted molar refractivity (Wildman–Crippen MR) is 109 cm³/mol. The van der Waals surface area contributed by atoms with E-state index in [1.165, 1.54) is 27.2 Å². The van der Waals surface area contributed by atoms with E-state index in [4.69, 9.17) is 0 Å². The van der Waals surface area contributed by atoms with Crippen LogP contribution >= 0.6 is 22.7 Å². The van der Waals surface area contributed by atoms with Crippen molar-refractivity contribution in [2.45, 2.75) is 33.7 Å². The van der Waals surface area contributed by atoms with E-state index in [9.17, 15) is 4.79 Å². The molecule has 6 heteroatoms. The second kappa shape index (κ2) is 6.78. The molecule has 2 heterocycles. The van der Waals surface area contributed by atoms with Gasteiger partial charge < -0.3 is 4.57 Å². The highest BCUT2D eigenvalue weighted by molar-refractivity contribution is 7.20. The van der Waals surface area contributed by atoms with Crippen LogP contribution in [0.4, 0.5) is 0 Å². The fourth-order valence-corrected chi connectivity index (χ4v) is 5.09. The Balaban J connectivity index is 1.87. The molecule has 0 atom stereocenters. The number of hydrogen-bond donors (Lipinski definition) is 0. The number of para-hydroxylation sites is 1. The van der Waals surface area contributed by atoms with Crippen molar-refractivity contribution >= 4 is 49.0 Å². The van der Waals surface area contributed by atoms with E-state index in [2.05, 4.69) is 47.4 Å². The Labute approximate surface area is 159 Å². The smallest absolute Gasteiger partial charge is 0.308 e. The monoisotopic (exact) mass is 381 g/mol. The van der Waals surface area contributed by atoms with Gasteiger partial charge in [-0.05, 0) is 49.6 Å². The average Bonchev–Trinajstić information content (AvgIpc) is 3.18. The van der Waals surface area contributed by atoms with E-state index in [0.717, 1.165) is 33.5 Å². The molecule has 26 heavy (non-hydrogen) atoms. The van der Waals surface area contributed by atoms with Crippen LogP contribution in [0.5, 0.6) is 0 Å². The van der Waals surface area contributed by atoms with Gasteiger partial charge in [-0.3, -0.25) is 4.79 Å². The van der Waals surface area contributed by atoms with Gasteiger partial charge in [0, 0.05) is 6.54 Å². The molecule has 132 valence electrons. The molecule has 4 rings (SSSR count). The molecule has 0 fully saturated rings. The molecule has 0 aliphatic rings. The van der Waals surface area contributed by atoms with Crippen molar-refractivity contribution in [2.75, 3.05) is 0 Å². The number of amides is 1. The number of aromatic nitrogens is 2. The number of rotatable bonds is 3. The minimum Gasteiger partial charge on any atom is -0.316 e. The van der Waals surface area contributed by atoms with Gasteiger partial charge in [-0.2, -0.15) is 4.99 Å². The Morgan fingerprint density at radius 2 is 2.00 bits per heavy atom. The number of carbonyl (C=O) groups is 1. The summed E-state index contributed by atoms with van der Waals surface area (Å²) in [6, 6.07) is 12.1. The maximum Gasteiger partial charge on any atom is 0.308 e. The summed E-state index contributed by atoms with van der Waals surface area (Å²) in [5.41, 5.74) is 4.45. The van der Waals surface area contributed by atoms with Gasteiger partial charge in [0.15, 0.2) is 9.81 Å². The molecule has 0 bridgehead atoms. The van der Waals surface area contributed by atoms with Gasteiger partial charge in [0.05, 0.1) is 20.4 Å². The van der Waals surface area contributed by atoms with Gasteiger partial charge in [-0.15, -0.1) is 11.3 Å². The van der Waals surface area contributed by atoms with Gasteiger partial charge in [0.2, 0.25) is 0 Å². The van der Waals surface area contributed by atoms with Gasteiger partial charge in [0.1, 0.15) is 0 Å². The highest BCUT2D eigenvalue weighted by Gasteiger charge is 2.14. The number of hydrogen-bond acceptors (Lipinski definition) is 4. The lowest BCUT2D eigenvalue weighted by Gasteiger charge is -2.04. The molecular weight excluding hydrogens is 362 g/mol. The van der Waals surface area contributed by atoms with E-state index in [1.807, 2.05) is 24.3 Å². The first-order chi connectivity index (χ1) is 12.6. The average molecular weight is 382 g/mol. The van der Waals surface area contributed by atoms with Gasteiger partial charge in [-0.25, -0.2) is 4.98 Å². The van der Waals surface area contributed by atoms with E-state index in [0.29, 0.717) is 5.01 Å². The van der Waals surface area contributed by atoms with Crippen molar-refractivity contribution in [3.63, 3.8) is 0 Å². The van der Waals surface area contributed by atoms with Crippen LogP contribution in [0.25, 0.3) is 20.4 Å². The van der Waals surface area contributed by atoms with Crippen LogP contribution in [0, 0.1) is 13.8 Å². The number of nitrogens with zero attached hydrogens (tertiary/aromatic N) is 3. The highest BCUT2D eigenvalue weighted by atomic mass is 32.1. The molecule has 0 N–H and O–H groups in total. The first-order valence-electron chi connectivity index (χ1n) is 8.62. The Hall–Kier alpha value is -2.31. The third-order valence-electron chi connectivity index (χ3n) is 4.24. The molecule has 0 radical (unpaired) electrons. The van der Waals surface area contributed by atoms with Crippen LogP contribution in [-0.4, -0.2) is 15.5 Å². The molecule has 2 aromatic carbocycles. The number of thiazole rings is 2. The van der Waals surface area contributed by atoms with E-state index in [1.54, 1.807) is 11.3 Å². The van der Waals surface area contributed by atoms with Crippen LogP contribution in [0.15, 0.2) is 41.4 Å². The van der Waals surface area contributed by atoms with Gasteiger partial charge in [-0.1, -0.05) is 36.5 Å². The maximum atomic E-state index is 12.7. The summed E-state index contributed by atoms with van der Waals surface area (Å²) in [5.74, 6) is -0.267. The summed E-state index contributed by atoms with van der Waals surface area (Å²) in [6.45, 7) is 7.19. The Bertz CT molecular complexity index is 1160. The van der Waals surface area contributed by atoms with Gasteiger partial charge in [0.25, 0.3) is 0 Å². The largest absolute Gasteiger partial charge is 0.316 e. The molecule has 0 aliphatic carbocycles. The summed E-state index contributed by atoms with van der Waals surface area (Å²) >= 11 is 2.98. The molecule has 0 saturated heterocycles. The first kappa shape index (κ1) is 17.1. The van der Waals surface area contributed by atoms with Crippen LogP contribution < -0.4 is 4.80 Å². The SMILES string of the molecule is CCCn1c(=NC(=O)c2nc3ccccc3s2)sc2c(C)cc(C)cc21. The highest BCUT2D eigenvalue weighted by Crippen LogP contribution is 2.25. The van der Waals surface area contributed by atoms with Crippen LogP contribution in [0.1, 0.15) is 34.3 Å². The number of fused-ring (bicyclic) bond motifs is 2. The van der Waals surface area contributed by atoms with E-state index in [-0.39, 0.29) is 5.91 Å². The van der Waals surface area contributed by atoms with Crippen molar-refractivity contribution in [3.05, 3.63) is 57.3 Å². The summed E-state index contributed by atoms with van der Waals surface area (Å²) in [5, 5.41) is 0.444. The zero-order chi connectivity index (χ0) is 18.3. The fraction of sp³-hybridized carbons (Fsp3) is 0.250. The lowest BCUT2D eigenvalue weighted by atomic mass is 10.1. The summed E-state index contributed by atoms with van der Waals surface area (Å²) in [7, 11) is 0. The van der Waals surface area contributed by atoms with E-state index < -0.39 is 0 Å². The van der Waals surface area contributed by atoms with E-state index >= 15 is 0 Å². The first-order valence-corrected chi connectivity index (χ1v) is 10.3. The van der Waals surface area contributed by atoms with Crippen molar-refractivity contribution < 1.29 is 4.79 Å².